The second-order valence-corrected chi connectivity index (χ2v) is 4.81. The fourth-order valence-electron chi connectivity index (χ4n) is 2.32. The van der Waals surface area contributed by atoms with Gasteiger partial charge in [-0.05, 0) is 19.1 Å². The van der Waals surface area contributed by atoms with Gasteiger partial charge in [-0.15, -0.1) is 0 Å². The summed E-state index contributed by atoms with van der Waals surface area (Å²) < 4.78 is 12.1. The number of nitrogens with zero attached hydrogens (tertiary/aromatic N) is 4. The van der Waals surface area contributed by atoms with Crippen LogP contribution >= 0.6 is 0 Å². The average Bonchev–Trinajstić information content (AvgIpc) is 2.94. The molecule has 7 heteroatoms. The van der Waals surface area contributed by atoms with Gasteiger partial charge in [0.05, 0.1) is 18.4 Å². The highest BCUT2D eigenvalue weighted by Crippen LogP contribution is 2.23. The molecule has 0 radical (unpaired) electrons. The van der Waals surface area contributed by atoms with Crippen LogP contribution < -0.4 is 0 Å². The summed E-state index contributed by atoms with van der Waals surface area (Å²) >= 11 is 0. The highest BCUT2D eigenvalue weighted by atomic mass is 16.5. The number of methoxy groups -OCH3 is 1. The van der Waals surface area contributed by atoms with E-state index in [1.165, 1.54) is 6.33 Å². The number of aromatic nitrogens is 4. The molecule has 0 aliphatic carbocycles. The van der Waals surface area contributed by atoms with E-state index < -0.39 is 0 Å². The zero-order chi connectivity index (χ0) is 16.2. The van der Waals surface area contributed by atoms with Crippen molar-refractivity contribution in [3.8, 4) is 11.4 Å². The van der Waals surface area contributed by atoms with Crippen LogP contribution in [0.25, 0.3) is 22.6 Å². The van der Waals surface area contributed by atoms with Crippen molar-refractivity contribution in [2.24, 2.45) is 0 Å². The summed E-state index contributed by atoms with van der Waals surface area (Å²) in [6.07, 6.45) is 3.13. The summed E-state index contributed by atoms with van der Waals surface area (Å²) in [5, 5.41) is 0. The Hall–Kier alpha value is -2.80. The first-order chi connectivity index (χ1) is 11.2. The van der Waals surface area contributed by atoms with E-state index in [0.717, 1.165) is 5.56 Å². The molecule has 0 aliphatic heterocycles. The maximum Gasteiger partial charge on any atom is 0.338 e. The standard InChI is InChI=1S/C16H16N4O3/c1-3-23-16(21)12-6-4-11(5-7-12)14-19-13-8-17-9-18-15(13)20(14)10-22-2/h4-9H,3,10H2,1-2H3. The fourth-order valence-corrected chi connectivity index (χ4v) is 2.32. The number of carbonyl (C=O) groups is 1. The highest BCUT2D eigenvalue weighted by molar-refractivity contribution is 5.90. The minimum absolute atomic E-state index is 0.322. The van der Waals surface area contributed by atoms with Crippen molar-refractivity contribution in [3.63, 3.8) is 0 Å². The van der Waals surface area contributed by atoms with E-state index in [9.17, 15) is 4.79 Å². The van der Waals surface area contributed by atoms with Crippen molar-refractivity contribution >= 4 is 17.1 Å². The van der Waals surface area contributed by atoms with Gasteiger partial charge in [0, 0.05) is 12.7 Å². The van der Waals surface area contributed by atoms with Gasteiger partial charge in [0.2, 0.25) is 0 Å². The minimum Gasteiger partial charge on any atom is -0.462 e. The molecule has 3 aromatic rings. The van der Waals surface area contributed by atoms with E-state index in [4.69, 9.17) is 9.47 Å². The molecule has 2 aromatic heterocycles. The summed E-state index contributed by atoms with van der Waals surface area (Å²) in [7, 11) is 1.61. The molecule has 0 spiro atoms. The Kier molecular flexibility index (Phi) is 4.29. The van der Waals surface area contributed by atoms with Crippen LogP contribution in [-0.4, -0.2) is 39.2 Å². The van der Waals surface area contributed by atoms with Gasteiger partial charge >= 0.3 is 5.97 Å². The Bertz CT molecular complexity index is 827. The third kappa shape index (κ3) is 2.91. The number of imidazole rings is 1. The molecular weight excluding hydrogens is 296 g/mol. The number of carbonyl (C=O) groups excluding carboxylic acids is 1. The second kappa shape index (κ2) is 6.53. The highest BCUT2D eigenvalue weighted by Gasteiger charge is 2.14. The lowest BCUT2D eigenvalue weighted by atomic mass is 10.1. The zero-order valence-electron chi connectivity index (χ0n) is 12.9. The summed E-state index contributed by atoms with van der Waals surface area (Å²) in [5.41, 5.74) is 2.75. The normalized spacial score (nSPS) is 10.9. The average molecular weight is 312 g/mol. The Morgan fingerprint density at radius 3 is 2.74 bits per heavy atom. The molecule has 0 amide bonds. The summed E-state index contributed by atoms with van der Waals surface area (Å²) in [5.74, 6) is 0.369. The zero-order valence-corrected chi connectivity index (χ0v) is 12.9. The van der Waals surface area contributed by atoms with Gasteiger partial charge in [-0.3, -0.25) is 4.57 Å². The van der Waals surface area contributed by atoms with Crippen molar-refractivity contribution in [3.05, 3.63) is 42.4 Å². The van der Waals surface area contributed by atoms with E-state index in [0.29, 0.717) is 35.9 Å². The van der Waals surface area contributed by atoms with Gasteiger partial charge in [-0.25, -0.2) is 19.7 Å². The third-order valence-electron chi connectivity index (χ3n) is 3.32. The van der Waals surface area contributed by atoms with Crippen LogP contribution in [0.15, 0.2) is 36.8 Å². The number of fused-ring (bicyclic) bond motifs is 1. The number of hydrogen-bond donors (Lipinski definition) is 0. The lowest BCUT2D eigenvalue weighted by molar-refractivity contribution is 0.0526. The predicted molar refractivity (Wildman–Crippen MR) is 83.7 cm³/mol. The number of hydrogen-bond acceptors (Lipinski definition) is 6. The molecule has 0 bridgehead atoms. The molecular formula is C16H16N4O3. The van der Waals surface area contributed by atoms with Crippen LogP contribution in [0.2, 0.25) is 0 Å². The van der Waals surface area contributed by atoms with Crippen molar-refractivity contribution in [1.29, 1.82) is 0 Å². The maximum atomic E-state index is 11.7. The molecule has 2 heterocycles. The lowest BCUT2D eigenvalue weighted by Gasteiger charge is -2.08. The van der Waals surface area contributed by atoms with Gasteiger partial charge in [0.25, 0.3) is 0 Å². The SMILES string of the molecule is CCOC(=O)c1ccc(-c2nc3cncnc3n2COC)cc1. The Morgan fingerprint density at radius 1 is 1.26 bits per heavy atom. The van der Waals surface area contributed by atoms with Crippen LogP contribution in [-0.2, 0) is 16.2 Å². The van der Waals surface area contributed by atoms with Gasteiger partial charge < -0.3 is 9.47 Å². The quantitative estimate of drug-likeness (QED) is 0.672. The topological polar surface area (TPSA) is 79.1 Å². The fraction of sp³-hybridized carbons (Fsp3) is 0.250. The molecule has 0 saturated heterocycles. The molecule has 0 saturated carbocycles. The molecule has 0 aliphatic rings. The van der Waals surface area contributed by atoms with Crippen LogP contribution in [0.1, 0.15) is 17.3 Å². The Morgan fingerprint density at radius 2 is 2.04 bits per heavy atom. The van der Waals surface area contributed by atoms with E-state index in [2.05, 4.69) is 15.0 Å². The van der Waals surface area contributed by atoms with Crippen molar-refractivity contribution in [2.45, 2.75) is 13.7 Å². The van der Waals surface area contributed by atoms with Crippen LogP contribution in [0.4, 0.5) is 0 Å². The first-order valence-corrected chi connectivity index (χ1v) is 7.17. The number of rotatable bonds is 5. The van der Waals surface area contributed by atoms with Gasteiger partial charge in [0.15, 0.2) is 5.65 Å². The molecule has 23 heavy (non-hydrogen) atoms. The van der Waals surface area contributed by atoms with E-state index in [-0.39, 0.29) is 5.97 Å². The largest absolute Gasteiger partial charge is 0.462 e. The monoisotopic (exact) mass is 312 g/mol. The first kappa shape index (κ1) is 15.1. The summed E-state index contributed by atoms with van der Waals surface area (Å²) in [6, 6.07) is 7.09. The predicted octanol–water partition coefficient (Wildman–Crippen LogP) is 2.27. The summed E-state index contributed by atoms with van der Waals surface area (Å²) in [6.45, 7) is 2.45. The minimum atomic E-state index is -0.338. The molecule has 0 unspecified atom stereocenters. The van der Waals surface area contributed by atoms with Crippen molar-refractivity contribution in [1.82, 2.24) is 19.5 Å². The van der Waals surface area contributed by atoms with Crippen LogP contribution in [0.3, 0.4) is 0 Å². The molecule has 3 rings (SSSR count). The molecule has 0 fully saturated rings. The van der Waals surface area contributed by atoms with Crippen molar-refractivity contribution in [2.75, 3.05) is 13.7 Å². The van der Waals surface area contributed by atoms with E-state index in [1.807, 2.05) is 16.7 Å². The molecule has 118 valence electrons. The van der Waals surface area contributed by atoms with Crippen LogP contribution in [0.5, 0.6) is 0 Å². The van der Waals surface area contributed by atoms with Gasteiger partial charge in [-0.1, -0.05) is 12.1 Å². The number of esters is 1. The van der Waals surface area contributed by atoms with Gasteiger partial charge in [-0.2, -0.15) is 0 Å². The Labute approximate surface area is 132 Å². The molecule has 0 atom stereocenters. The maximum absolute atomic E-state index is 11.7. The molecule has 7 nitrogen and oxygen atoms in total. The number of benzene rings is 1. The second-order valence-electron chi connectivity index (χ2n) is 4.81. The first-order valence-electron chi connectivity index (χ1n) is 7.17. The number of ether oxygens (including phenoxy) is 2. The van der Waals surface area contributed by atoms with Crippen molar-refractivity contribution < 1.29 is 14.3 Å². The van der Waals surface area contributed by atoms with Gasteiger partial charge in [0.1, 0.15) is 24.4 Å². The third-order valence-corrected chi connectivity index (χ3v) is 3.32. The Balaban J connectivity index is 2.02. The summed E-state index contributed by atoms with van der Waals surface area (Å²) in [4.78, 5) is 24.5. The van der Waals surface area contributed by atoms with E-state index >= 15 is 0 Å². The lowest BCUT2D eigenvalue weighted by Crippen LogP contribution is -2.05. The smallest absolute Gasteiger partial charge is 0.338 e. The molecule has 1 aromatic carbocycles. The van der Waals surface area contributed by atoms with E-state index in [1.54, 1.807) is 32.4 Å². The van der Waals surface area contributed by atoms with Crippen LogP contribution in [0, 0.1) is 0 Å². The molecule has 0 N–H and O–H groups in total.